The van der Waals surface area contributed by atoms with Gasteiger partial charge in [-0.15, -0.1) is 0 Å². The molecule has 1 amide bonds. The summed E-state index contributed by atoms with van der Waals surface area (Å²) < 4.78 is 0. The van der Waals surface area contributed by atoms with Gasteiger partial charge in [0.05, 0.1) is 0 Å². The second kappa shape index (κ2) is 6.33. The highest BCUT2D eigenvalue weighted by Crippen LogP contribution is 2.22. The molecule has 0 spiro atoms. The Bertz CT molecular complexity index is 492. The summed E-state index contributed by atoms with van der Waals surface area (Å²) in [5.74, 6) is 0.849. The van der Waals surface area contributed by atoms with Crippen molar-refractivity contribution in [1.82, 2.24) is 9.88 Å². The van der Waals surface area contributed by atoms with Crippen LogP contribution in [0.4, 0.5) is 0 Å². The van der Waals surface area contributed by atoms with E-state index in [1.54, 1.807) is 6.20 Å². The van der Waals surface area contributed by atoms with Crippen molar-refractivity contribution in [3.63, 3.8) is 0 Å². The summed E-state index contributed by atoms with van der Waals surface area (Å²) in [5.41, 5.74) is 1.26. The number of rotatable bonds is 3. The minimum atomic E-state index is 0.198. The van der Waals surface area contributed by atoms with Crippen LogP contribution in [-0.2, 0) is 11.3 Å². The third-order valence-electron chi connectivity index (χ3n) is 3.86. The highest BCUT2D eigenvalue weighted by atomic mass is 16.2. The summed E-state index contributed by atoms with van der Waals surface area (Å²) >= 11 is 0. The average molecular weight is 257 g/mol. The average Bonchev–Trinajstić information content (AvgIpc) is 2.62. The molecule has 1 aliphatic heterocycles. The number of carbonyl (C=O) groups excluding carboxylic acids is 1. The van der Waals surface area contributed by atoms with Gasteiger partial charge in [0.1, 0.15) is 11.8 Å². The Morgan fingerprint density at radius 3 is 3.11 bits per heavy atom. The predicted molar refractivity (Wildman–Crippen MR) is 72.0 cm³/mol. The second-order valence-electron chi connectivity index (χ2n) is 5.04. The number of hydrogen-bond donors (Lipinski definition) is 0. The third kappa shape index (κ3) is 3.31. The molecule has 1 saturated heterocycles. The number of nitriles is 1. The molecule has 1 fully saturated rings. The molecule has 4 nitrogen and oxygen atoms in total. The fraction of sp³-hybridized carbons (Fsp3) is 0.533. The smallest absolute Gasteiger partial charge is 0.222 e. The Hall–Kier alpha value is -1.89. The first-order valence-corrected chi connectivity index (χ1v) is 6.86. The zero-order chi connectivity index (χ0) is 13.7. The first-order chi connectivity index (χ1) is 9.24. The van der Waals surface area contributed by atoms with E-state index in [1.165, 1.54) is 0 Å². The molecule has 2 rings (SSSR count). The van der Waals surface area contributed by atoms with Gasteiger partial charge in [-0.2, -0.15) is 5.26 Å². The van der Waals surface area contributed by atoms with Gasteiger partial charge in [-0.1, -0.05) is 19.4 Å². The Kier molecular flexibility index (Phi) is 4.51. The molecule has 0 bridgehead atoms. The van der Waals surface area contributed by atoms with Gasteiger partial charge in [-0.05, 0) is 24.8 Å². The molecule has 0 aromatic carbocycles. The van der Waals surface area contributed by atoms with E-state index in [9.17, 15) is 4.79 Å². The summed E-state index contributed by atoms with van der Waals surface area (Å²) in [6.45, 7) is 3.48. The topological polar surface area (TPSA) is 57.0 Å². The zero-order valence-electron chi connectivity index (χ0n) is 11.3. The molecule has 19 heavy (non-hydrogen) atoms. The first kappa shape index (κ1) is 13.5. The van der Waals surface area contributed by atoms with Gasteiger partial charge in [0.25, 0.3) is 0 Å². The van der Waals surface area contributed by atoms with Crippen LogP contribution in [0, 0.1) is 17.2 Å². The van der Waals surface area contributed by atoms with E-state index in [-0.39, 0.29) is 5.91 Å². The lowest BCUT2D eigenvalue weighted by molar-refractivity contribution is -0.131. The highest BCUT2D eigenvalue weighted by Gasteiger charge is 2.22. The van der Waals surface area contributed by atoms with Crippen molar-refractivity contribution in [2.75, 3.05) is 6.54 Å². The first-order valence-electron chi connectivity index (χ1n) is 6.86. The maximum absolute atomic E-state index is 12.1. The van der Waals surface area contributed by atoms with E-state index in [4.69, 9.17) is 5.26 Å². The molecule has 0 aliphatic carbocycles. The number of carbonyl (C=O) groups is 1. The molecule has 0 saturated carbocycles. The summed E-state index contributed by atoms with van der Waals surface area (Å²) in [6, 6.07) is 5.78. The van der Waals surface area contributed by atoms with E-state index >= 15 is 0 Å². The highest BCUT2D eigenvalue weighted by molar-refractivity contribution is 5.76. The van der Waals surface area contributed by atoms with Crippen molar-refractivity contribution in [2.45, 2.75) is 39.2 Å². The molecular formula is C15H19N3O. The molecular weight excluding hydrogens is 238 g/mol. The maximum Gasteiger partial charge on any atom is 0.222 e. The molecule has 2 heterocycles. The molecule has 4 heteroatoms. The number of aromatic nitrogens is 1. The van der Waals surface area contributed by atoms with Gasteiger partial charge in [0, 0.05) is 31.3 Å². The van der Waals surface area contributed by atoms with Crippen molar-refractivity contribution in [3.8, 4) is 6.07 Å². The van der Waals surface area contributed by atoms with Crippen LogP contribution in [0.5, 0.6) is 0 Å². The van der Waals surface area contributed by atoms with Crippen LogP contribution in [-0.4, -0.2) is 22.3 Å². The normalized spacial score (nSPS) is 19.9. The minimum Gasteiger partial charge on any atom is -0.338 e. The summed E-state index contributed by atoms with van der Waals surface area (Å²) in [5, 5.41) is 9.03. The number of pyridine rings is 1. The van der Waals surface area contributed by atoms with Crippen LogP contribution in [0.15, 0.2) is 18.3 Å². The van der Waals surface area contributed by atoms with Gasteiger partial charge in [0.15, 0.2) is 0 Å². The van der Waals surface area contributed by atoms with Crippen LogP contribution in [0.3, 0.4) is 0 Å². The molecule has 0 N–H and O–H groups in total. The maximum atomic E-state index is 12.1. The predicted octanol–water partition coefficient (Wildman–Crippen LogP) is 2.49. The summed E-state index contributed by atoms with van der Waals surface area (Å²) in [7, 11) is 0. The van der Waals surface area contributed by atoms with Gasteiger partial charge >= 0.3 is 0 Å². The second-order valence-corrected chi connectivity index (χ2v) is 5.04. The molecule has 1 aliphatic rings. The van der Waals surface area contributed by atoms with Crippen molar-refractivity contribution in [1.29, 1.82) is 5.26 Å². The fourth-order valence-corrected chi connectivity index (χ4v) is 2.54. The van der Waals surface area contributed by atoms with Gasteiger partial charge in [-0.25, -0.2) is 4.98 Å². The quantitative estimate of drug-likeness (QED) is 0.836. The summed E-state index contributed by atoms with van der Waals surface area (Å²) in [6.07, 6.45) is 5.42. The Morgan fingerprint density at radius 1 is 1.53 bits per heavy atom. The Morgan fingerprint density at radius 2 is 2.37 bits per heavy atom. The number of likely N-dealkylation sites (tertiary alicyclic amines) is 1. The lowest BCUT2D eigenvalue weighted by Crippen LogP contribution is -2.30. The fourth-order valence-electron chi connectivity index (χ4n) is 2.54. The van der Waals surface area contributed by atoms with E-state index in [0.29, 0.717) is 24.6 Å². The standard InChI is InChI=1S/C15H19N3O/c1-2-12-5-6-15(19)18(9-7-12)11-13-4-3-8-17-14(13)10-16/h3-4,8,12H,2,5-7,9,11H2,1H3. The van der Waals surface area contributed by atoms with Crippen LogP contribution in [0.25, 0.3) is 0 Å². The molecule has 0 radical (unpaired) electrons. The van der Waals surface area contributed by atoms with Crippen molar-refractivity contribution < 1.29 is 4.79 Å². The number of hydrogen-bond acceptors (Lipinski definition) is 3. The van der Waals surface area contributed by atoms with Crippen LogP contribution in [0.2, 0.25) is 0 Å². The van der Waals surface area contributed by atoms with E-state index < -0.39 is 0 Å². The van der Waals surface area contributed by atoms with Gasteiger partial charge in [0.2, 0.25) is 5.91 Å². The van der Waals surface area contributed by atoms with E-state index in [1.807, 2.05) is 17.0 Å². The lowest BCUT2D eigenvalue weighted by Gasteiger charge is -2.21. The largest absolute Gasteiger partial charge is 0.338 e. The molecule has 1 unspecified atom stereocenters. The number of amides is 1. The third-order valence-corrected chi connectivity index (χ3v) is 3.86. The SMILES string of the molecule is CCC1CCC(=O)N(Cc2cccnc2C#N)CC1. The molecule has 1 atom stereocenters. The van der Waals surface area contributed by atoms with Gasteiger partial charge in [-0.3, -0.25) is 4.79 Å². The zero-order valence-corrected chi connectivity index (χ0v) is 11.3. The summed E-state index contributed by atoms with van der Waals surface area (Å²) in [4.78, 5) is 18.0. The molecule has 1 aromatic rings. The number of nitrogens with zero attached hydrogens (tertiary/aromatic N) is 3. The Labute approximate surface area is 114 Å². The van der Waals surface area contributed by atoms with Crippen molar-refractivity contribution in [2.24, 2.45) is 5.92 Å². The monoisotopic (exact) mass is 257 g/mol. The van der Waals surface area contributed by atoms with Crippen LogP contribution in [0.1, 0.15) is 43.9 Å². The lowest BCUT2D eigenvalue weighted by atomic mass is 9.98. The molecule has 100 valence electrons. The van der Waals surface area contributed by atoms with Crippen LogP contribution >= 0.6 is 0 Å². The molecule has 1 aromatic heterocycles. The van der Waals surface area contributed by atoms with Crippen molar-refractivity contribution >= 4 is 5.91 Å². The van der Waals surface area contributed by atoms with Crippen molar-refractivity contribution in [3.05, 3.63) is 29.6 Å². The van der Waals surface area contributed by atoms with Crippen LogP contribution < -0.4 is 0 Å². The Balaban J connectivity index is 2.09. The van der Waals surface area contributed by atoms with E-state index in [0.717, 1.165) is 31.4 Å². The minimum absolute atomic E-state index is 0.198. The van der Waals surface area contributed by atoms with E-state index in [2.05, 4.69) is 18.0 Å². The van der Waals surface area contributed by atoms with Gasteiger partial charge < -0.3 is 4.90 Å².